The maximum atomic E-state index is 12.7. The van der Waals surface area contributed by atoms with E-state index in [0.29, 0.717) is 11.7 Å². The maximum absolute atomic E-state index is 12.7. The number of benzene rings is 1. The lowest BCUT2D eigenvalue weighted by Gasteiger charge is -2.27. The summed E-state index contributed by atoms with van der Waals surface area (Å²) in [4.78, 5) is 1.98. The largest absolute Gasteiger partial charge is 0.417 e. The van der Waals surface area contributed by atoms with Crippen LogP contribution in [-0.4, -0.2) is 13.1 Å². The minimum Gasteiger partial charge on any atom is -0.372 e. The van der Waals surface area contributed by atoms with Crippen molar-refractivity contribution >= 4 is 5.69 Å². The van der Waals surface area contributed by atoms with E-state index in [1.165, 1.54) is 12.1 Å². The molecule has 1 saturated carbocycles. The summed E-state index contributed by atoms with van der Waals surface area (Å²) in [6.07, 6.45) is -0.0597. The van der Waals surface area contributed by atoms with Crippen LogP contribution in [0.2, 0.25) is 0 Å². The summed E-state index contributed by atoms with van der Waals surface area (Å²) in [5, 5.41) is 8.88. The number of hydrogen-bond acceptors (Lipinski definition) is 2. The van der Waals surface area contributed by atoms with Crippen molar-refractivity contribution in [3.05, 3.63) is 29.3 Å². The second-order valence-electron chi connectivity index (χ2n) is 4.89. The van der Waals surface area contributed by atoms with Crippen LogP contribution in [-0.2, 0) is 6.18 Å². The lowest BCUT2D eigenvalue weighted by atomic mass is 10.1. The number of halogens is 3. The van der Waals surface area contributed by atoms with Crippen molar-refractivity contribution in [3.63, 3.8) is 0 Å². The van der Waals surface area contributed by atoms with E-state index in [1.54, 1.807) is 6.07 Å². The molecule has 0 N–H and O–H groups in total. The Labute approximate surface area is 110 Å². The van der Waals surface area contributed by atoms with Crippen molar-refractivity contribution < 1.29 is 13.2 Å². The van der Waals surface area contributed by atoms with Gasteiger partial charge >= 0.3 is 6.18 Å². The molecule has 1 fully saturated rings. The molecule has 1 aromatic carbocycles. The Bertz CT molecular complexity index is 496. The van der Waals surface area contributed by atoms with Crippen molar-refractivity contribution in [2.75, 3.05) is 11.9 Å². The molecule has 0 aliphatic heterocycles. The van der Waals surface area contributed by atoms with Crippen LogP contribution >= 0.6 is 0 Å². The van der Waals surface area contributed by atoms with Crippen molar-refractivity contribution in [2.24, 2.45) is 0 Å². The minimum absolute atomic E-state index is 0.310. The van der Waals surface area contributed by atoms with E-state index in [0.717, 1.165) is 31.7 Å². The summed E-state index contributed by atoms with van der Waals surface area (Å²) in [5.74, 6) is 0. The van der Waals surface area contributed by atoms with Gasteiger partial charge < -0.3 is 4.90 Å². The lowest BCUT2D eigenvalue weighted by molar-refractivity contribution is -0.137. The highest BCUT2D eigenvalue weighted by Crippen LogP contribution is 2.34. The van der Waals surface area contributed by atoms with Gasteiger partial charge in [-0.05, 0) is 31.0 Å². The second-order valence-corrected chi connectivity index (χ2v) is 4.89. The molecule has 102 valence electrons. The molecule has 1 aliphatic carbocycles. The fourth-order valence-corrected chi connectivity index (χ4v) is 2.59. The highest BCUT2D eigenvalue weighted by molar-refractivity contribution is 5.55. The molecule has 0 aromatic heterocycles. The molecule has 0 spiro atoms. The zero-order valence-electron chi connectivity index (χ0n) is 10.7. The topological polar surface area (TPSA) is 27.0 Å². The maximum Gasteiger partial charge on any atom is 0.417 e. The van der Waals surface area contributed by atoms with Crippen molar-refractivity contribution in [3.8, 4) is 6.07 Å². The molecule has 1 aromatic rings. The zero-order chi connectivity index (χ0) is 14.0. The summed E-state index contributed by atoms with van der Waals surface area (Å²) < 4.78 is 38.1. The molecule has 0 radical (unpaired) electrons. The Morgan fingerprint density at radius 3 is 2.42 bits per heavy atom. The molecule has 1 aliphatic rings. The number of nitrogens with zero attached hydrogens (tertiary/aromatic N) is 2. The molecule has 19 heavy (non-hydrogen) atoms. The fourth-order valence-electron chi connectivity index (χ4n) is 2.59. The summed E-state index contributed by atoms with van der Waals surface area (Å²) >= 11 is 0. The van der Waals surface area contributed by atoms with Gasteiger partial charge in [0.15, 0.2) is 0 Å². The Balaban J connectivity index is 2.31. The van der Waals surface area contributed by atoms with Crippen LogP contribution in [0.3, 0.4) is 0 Å². The molecule has 0 saturated heterocycles. The van der Waals surface area contributed by atoms with Gasteiger partial charge in [-0.15, -0.1) is 0 Å². The van der Waals surface area contributed by atoms with Gasteiger partial charge in [-0.1, -0.05) is 12.8 Å². The van der Waals surface area contributed by atoms with Gasteiger partial charge in [0.2, 0.25) is 0 Å². The monoisotopic (exact) mass is 268 g/mol. The van der Waals surface area contributed by atoms with Crippen LogP contribution in [0.5, 0.6) is 0 Å². The summed E-state index contributed by atoms with van der Waals surface area (Å²) in [6.45, 7) is 0. The Morgan fingerprint density at radius 2 is 1.89 bits per heavy atom. The molecule has 0 heterocycles. The lowest BCUT2D eigenvalue weighted by Crippen LogP contribution is -2.28. The normalized spacial score (nSPS) is 16.4. The van der Waals surface area contributed by atoms with E-state index in [1.807, 2.05) is 11.9 Å². The minimum atomic E-state index is -4.48. The van der Waals surface area contributed by atoms with Crippen LogP contribution in [0.4, 0.5) is 18.9 Å². The quantitative estimate of drug-likeness (QED) is 0.811. The van der Waals surface area contributed by atoms with E-state index in [9.17, 15) is 13.2 Å². The molecule has 0 bridgehead atoms. The van der Waals surface area contributed by atoms with Crippen LogP contribution < -0.4 is 4.90 Å². The standard InChI is InChI=1S/C14H15F3N2/c1-19(11-4-2-3-5-11)12-6-7-13(14(15,16)17)10(8-12)9-18/h6-8,11H,2-5H2,1H3. The fraction of sp³-hybridized carbons (Fsp3) is 0.500. The molecule has 0 amide bonds. The number of alkyl halides is 3. The van der Waals surface area contributed by atoms with Gasteiger partial charge in [-0.2, -0.15) is 18.4 Å². The van der Waals surface area contributed by atoms with Gasteiger partial charge in [-0.3, -0.25) is 0 Å². The zero-order valence-corrected chi connectivity index (χ0v) is 10.7. The third-order valence-corrected chi connectivity index (χ3v) is 3.71. The molecular weight excluding hydrogens is 253 g/mol. The van der Waals surface area contributed by atoms with Crippen LogP contribution in [0.15, 0.2) is 18.2 Å². The number of hydrogen-bond donors (Lipinski definition) is 0. The van der Waals surface area contributed by atoms with Crippen LogP contribution in [0, 0.1) is 11.3 Å². The van der Waals surface area contributed by atoms with Gasteiger partial charge in [0.05, 0.1) is 17.2 Å². The Hall–Kier alpha value is -1.70. The van der Waals surface area contributed by atoms with Crippen LogP contribution in [0.1, 0.15) is 36.8 Å². The van der Waals surface area contributed by atoms with Gasteiger partial charge in [0.25, 0.3) is 0 Å². The van der Waals surface area contributed by atoms with Crippen molar-refractivity contribution in [1.29, 1.82) is 5.26 Å². The van der Waals surface area contributed by atoms with Crippen molar-refractivity contribution in [2.45, 2.75) is 37.9 Å². The molecule has 5 heteroatoms. The number of nitriles is 1. The Kier molecular flexibility index (Phi) is 3.70. The van der Waals surface area contributed by atoms with Gasteiger partial charge in [0, 0.05) is 18.8 Å². The third kappa shape index (κ3) is 2.83. The first kappa shape index (κ1) is 13.7. The van der Waals surface area contributed by atoms with E-state index in [4.69, 9.17) is 5.26 Å². The third-order valence-electron chi connectivity index (χ3n) is 3.71. The van der Waals surface area contributed by atoms with E-state index in [2.05, 4.69) is 0 Å². The van der Waals surface area contributed by atoms with Gasteiger partial charge in [0.1, 0.15) is 0 Å². The summed E-state index contributed by atoms with van der Waals surface area (Å²) in [6, 6.07) is 5.79. The number of anilines is 1. The smallest absolute Gasteiger partial charge is 0.372 e. The van der Waals surface area contributed by atoms with E-state index < -0.39 is 11.7 Å². The molecular formula is C14H15F3N2. The Morgan fingerprint density at radius 1 is 1.26 bits per heavy atom. The first-order valence-electron chi connectivity index (χ1n) is 6.27. The molecule has 0 unspecified atom stereocenters. The predicted molar refractivity (Wildman–Crippen MR) is 66.8 cm³/mol. The van der Waals surface area contributed by atoms with Gasteiger partial charge in [-0.25, -0.2) is 0 Å². The highest BCUT2D eigenvalue weighted by Gasteiger charge is 2.34. The predicted octanol–water partition coefficient (Wildman–Crippen LogP) is 3.96. The van der Waals surface area contributed by atoms with E-state index in [-0.39, 0.29) is 5.56 Å². The van der Waals surface area contributed by atoms with Crippen LogP contribution in [0.25, 0.3) is 0 Å². The average molecular weight is 268 g/mol. The molecule has 2 rings (SSSR count). The first-order chi connectivity index (χ1) is 8.93. The first-order valence-corrected chi connectivity index (χ1v) is 6.27. The SMILES string of the molecule is CN(c1ccc(C(F)(F)F)c(C#N)c1)C1CCCC1. The second kappa shape index (κ2) is 5.12. The highest BCUT2D eigenvalue weighted by atomic mass is 19.4. The molecule has 0 atom stereocenters. The van der Waals surface area contributed by atoms with E-state index >= 15 is 0 Å². The van der Waals surface area contributed by atoms with Crippen molar-refractivity contribution in [1.82, 2.24) is 0 Å². The molecule has 2 nitrogen and oxygen atoms in total. The summed E-state index contributed by atoms with van der Waals surface area (Å²) in [7, 11) is 1.87. The number of rotatable bonds is 2. The summed E-state index contributed by atoms with van der Waals surface area (Å²) in [5.41, 5.74) is -0.495. The average Bonchev–Trinajstić information content (AvgIpc) is 2.89.